The summed E-state index contributed by atoms with van der Waals surface area (Å²) < 4.78 is 10.1. The van der Waals surface area contributed by atoms with Gasteiger partial charge in [0.05, 0.1) is 24.9 Å². The number of aromatic nitrogens is 1. The second kappa shape index (κ2) is 10.1. The average Bonchev–Trinajstić information content (AvgIpc) is 3.19. The quantitative estimate of drug-likeness (QED) is 0.275. The van der Waals surface area contributed by atoms with Crippen molar-refractivity contribution in [3.05, 3.63) is 29.5 Å². The van der Waals surface area contributed by atoms with Gasteiger partial charge in [0, 0.05) is 25.1 Å². The highest BCUT2D eigenvalue weighted by molar-refractivity contribution is 6.37. The lowest BCUT2D eigenvalue weighted by atomic mass is 9.83. The number of carbonyl (C=O) groups excluding carboxylic acids is 2. The first-order valence-corrected chi connectivity index (χ1v) is 10.8. The van der Waals surface area contributed by atoms with Crippen LogP contribution in [0.25, 0.3) is 10.9 Å². The molecule has 0 bridgehead atoms. The molecule has 8 heteroatoms. The van der Waals surface area contributed by atoms with E-state index in [2.05, 4.69) is 30.9 Å². The SMILES string of the molecule is CCOC(=O)/C(Cc1cc(C(C)(C)C)c2[nH]ccc2c1N(C)[C@H](C(=O)OC)C(C)C)=N\O. The molecule has 0 saturated carbocycles. The number of oxime groups is 1. The van der Waals surface area contributed by atoms with E-state index < -0.39 is 12.0 Å². The number of ether oxygens (including phenoxy) is 2. The van der Waals surface area contributed by atoms with Gasteiger partial charge in [-0.1, -0.05) is 45.8 Å². The fraction of sp³-hybridized carbons (Fsp3) is 0.542. The van der Waals surface area contributed by atoms with E-state index in [1.807, 2.05) is 44.1 Å². The first-order chi connectivity index (χ1) is 15.0. The number of H-pyrrole nitrogens is 1. The summed E-state index contributed by atoms with van der Waals surface area (Å²) >= 11 is 0. The number of hydrogen-bond donors (Lipinski definition) is 2. The van der Waals surface area contributed by atoms with Crippen LogP contribution in [0.15, 0.2) is 23.5 Å². The molecular weight excluding hydrogens is 410 g/mol. The maximum atomic E-state index is 12.6. The molecule has 0 aliphatic rings. The lowest BCUT2D eigenvalue weighted by Crippen LogP contribution is -2.44. The van der Waals surface area contributed by atoms with Crippen LogP contribution in [0.5, 0.6) is 0 Å². The summed E-state index contributed by atoms with van der Waals surface area (Å²) in [6, 6.07) is 3.41. The Bertz CT molecular complexity index is 1000. The largest absolute Gasteiger partial charge is 0.467 e. The molecule has 0 aliphatic carbocycles. The van der Waals surface area contributed by atoms with Crippen molar-refractivity contribution in [2.75, 3.05) is 25.7 Å². The van der Waals surface area contributed by atoms with Crippen LogP contribution in [0.4, 0.5) is 5.69 Å². The summed E-state index contributed by atoms with van der Waals surface area (Å²) in [5, 5.41) is 13.7. The molecule has 1 aromatic heterocycles. The Morgan fingerprint density at radius 3 is 2.44 bits per heavy atom. The summed E-state index contributed by atoms with van der Waals surface area (Å²) in [5.74, 6) is -1.06. The van der Waals surface area contributed by atoms with Crippen molar-refractivity contribution < 1.29 is 24.3 Å². The van der Waals surface area contributed by atoms with Gasteiger partial charge >= 0.3 is 11.9 Å². The van der Waals surface area contributed by atoms with E-state index in [0.29, 0.717) is 0 Å². The predicted molar refractivity (Wildman–Crippen MR) is 126 cm³/mol. The molecule has 2 rings (SSSR count). The smallest absolute Gasteiger partial charge is 0.356 e. The number of methoxy groups -OCH3 is 1. The van der Waals surface area contributed by atoms with E-state index in [0.717, 1.165) is 27.7 Å². The van der Waals surface area contributed by atoms with Gasteiger partial charge in [-0.25, -0.2) is 9.59 Å². The van der Waals surface area contributed by atoms with E-state index in [9.17, 15) is 14.8 Å². The molecule has 0 radical (unpaired) electrons. The monoisotopic (exact) mass is 445 g/mol. The molecule has 1 atom stereocenters. The lowest BCUT2D eigenvalue weighted by molar-refractivity contribution is -0.143. The van der Waals surface area contributed by atoms with Crippen molar-refractivity contribution in [2.24, 2.45) is 11.1 Å². The average molecular weight is 446 g/mol. The lowest BCUT2D eigenvalue weighted by Gasteiger charge is -2.34. The number of likely N-dealkylation sites (N-methyl/N-ethyl adjacent to an activating group) is 1. The van der Waals surface area contributed by atoms with Crippen molar-refractivity contribution >= 4 is 34.2 Å². The summed E-state index contributed by atoms with van der Waals surface area (Å²) in [4.78, 5) is 30.2. The fourth-order valence-electron chi connectivity index (χ4n) is 4.10. The van der Waals surface area contributed by atoms with Crippen LogP contribution < -0.4 is 4.90 Å². The third-order valence-corrected chi connectivity index (χ3v) is 5.54. The summed E-state index contributed by atoms with van der Waals surface area (Å²) in [5.41, 5.74) is 3.22. The van der Waals surface area contributed by atoms with Gasteiger partial charge in [-0.3, -0.25) is 0 Å². The number of esters is 2. The molecule has 0 aliphatic heterocycles. The van der Waals surface area contributed by atoms with Gasteiger partial charge in [0.2, 0.25) is 0 Å². The highest BCUT2D eigenvalue weighted by Crippen LogP contribution is 2.39. The number of hydrogen-bond acceptors (Lipinski definition) is 7. The molecule has 176 valence electrons. The molecule has 0 unspecified atom stereocenters. The molecule has 0 amide bonds. The summed E-state index contributed by atoms with van der Waals surface area (Å²) in [7, 11) is 3.21. The number of anilines is 1. The number of benzene rings is 1. The van der Waals surface area contributed by atoms with Crippen LogP contribution in [0.3, 0.4) is 0 Å². The van der Waals surface area contributed by atoms with Gasteiger partial charge in [-0.15, -0.1) is 0 Å². The van der Waals surface area contributed by atoms with Crippen LogP contribution >= 0.6 is 0 Å². The van der Waals surface area contributed by atoms with E-state index in [1.54, 1.807) is 6.92 Å². The third kappa shape index (κ3) is 5.06. The zero-order valence-corrected chi connectivity index (χ0v) is 20.3. The van der Waals surface area contributed by atoms with Crippen molar-refractivity contribution in [1.82, 2.24) is 4.98 Å². The van der Waals surface area contributed by atoms with Crippen LogP contribution in [0.2, 0.25) is 0 Å². The predicted octanol–water partition coefficient (Wildman–Crippen LogP) is 4.04. The zero-order valence-electron chi connectivity index (χ0n) is 20.3. The van der Waals surface area contributed by atoms with Gasteiger partial charge in [0.15, 0.2) is 5.71 Å². The van der Waals surface area contributed by atoms with E-state index in [-0.39, 0.29) is 36.0 Å². The number of rotatable bonds is 8. The van der Waals surface area contributed by atoms with Gasteiger partial charge in [0.1, 0.15) is 6.04 Å². The van der Waals surface area contributed by atoms with E-state index in [1.165, 1.54) is 7.11 Å². The first-order valence-electron chi connectivity index (χ1n) is 10.8. The van der Waals surface area contributed by atoms with Gasteiger partial charge in [-0.2, -0.15) is 0 Å². The molecular formula is C24H35N3O5. The molecule has 2 aromatic rings. The minimum absolute atomic E-state index is 0.0346. The summed E-state index contributed by atoms with van der Waals surface area (Å²) in [6.07, 6.45) is 1.90. The standard InChI is InChI=1S/C24H35N3O5/c1-9-32-22(28)18(26-30)13-15-12-17(24(4,5)6)19-16(10-11-25-19)21(15)27(7)20(14(2)3)23(29)31-8/h10-12,14,20,25,30H,9,13H2,1-8H3/b26-18-/t20-/m0/s1. The molecule has 1 heterocycles. The Hall–Kier alpha value is -3.03. The highest BCUT2D eigenvalue weighted by atomic mass is 16.5. The maximum absolute atomic E-state index is 12.6. The van der Waals surface area contributed by atoms with Crippen LogP contribution in [0, 0.1) is 5.92 Å². The molecule has 8 nitrogen and oxygen atoms in total. The minimum Gasteiger partial charge on any atom is -0.467 e. The maximum Gasteiger partial charge on any atom is 0.356 e. The summed E-state index contributed by atoms with van der Waals surface area (Å²) in [6.45, 7) is 12.1. The highest BCUT2D eigenvalue weighted by Gasteiger charge is 2.32. The van der Waals surface area contributed by atoms with Crippen molar-refractivity contribution in [1.29, 1.82) is 0 Å². The van der Waals surface area contributed by atoms with Crippen LogP contribution in [-0.4, -0.2) is 54.6 Å². The fourth-order valence-corrected chi connectivity index (χ4v) is 4.10. The van der Waals surface area contributed by atoms with E-state index in [4.69, 9.17) is 9.47 Å². The molecule has 1 aromatic carbocycles. The Labute approximate surface area is 189 Å². The zero-order chi connectivity index (χ0) is 24.2. The molecule has 0 saturated heterocycles. The van der Waals surface area contributed by atoms with Crippen LogP contribution in [-0.2, 0) is 30.9 Å². The number of carbonyl (C=O) groups is 2. The Kier molecular flexibility index (Phi) is 7.93. The second-order valence-corrected chi connectivity index (χ2v) is 9.22. The number of aromatic amines is 1. The van der Waals surface area contributed by atoms with E-state index >= 15 is 0 Å². The van der Waals surface area contributed by atoms with Gasteiger partial charge < -0.3 is 24.6 Å². The Morgan fingerprint density at radius 2 is 1.94 bits per heavy atom. The normalized spacial score (nSPS) is 13.3. The minimum atomic E-state index is -0.677. The van der Waals surface area contributed by atoms with Crippen molar-refractivity contribution in [2.45, 2.75) is 59.4 Å². The number of fused-ring (bicyclic) bond motifs is 1. The third-order valence-electron chi connectivity index (χ3n) is 5.54. The first kappa shape index (κ1) is 25.2. The van der Waals surface area contributed by atoms with Crippen molar-refractivity contribution in [3.63, 3.8) is 0 Å². The molecule has 32 heavy (non-hydrogen) atoms. The number of nitrogens with one attached hydrogen (secondary N) is 1. The van der Waals surface area contributed by atoms with Crippen LogP contribution in [0.1, 0.15) is 52.7 Å². The Balaban J connectivity index is 2.80. The molecule has 2 N–H and O–H groups in total. The Morgan fingerprint density at radius 1 is 1.28 bits per heavy atom. The topological polar surface area (TPSA) is 104 Å². The molecule has 0 fully saturated rings. The van der Waals surface area contributed by atoms with Crippen molar-refractivity contribution in [3.8, 4) is 0 Å². The molecule has 0 spiro atoms. The van der Waals surface area contributed by atoms with Gasteiger partial charge in [0.25, 0.3) is 0 Å². The number of nitrogens with zero attached hydrogens (tertiary/aromatic N) is 2. The van der Waals surface area contributed by atoms with Gasteiger partial charge in [-0.05, 0) is 35.4 Å². The second-order valence-electron chi connectivity index (χ2n) is 9.22.